The minimum atomic E-state index is -0.143. The molecule has 4 heteroatoms. The van der Waals surface area contributed by atoms with Gasteiger partial charge in [0.2, 0.25) is 11.8 Å². The van der Waals surface area contributed by atoms with Crippen molar-refractivity contribution in [3.63, 3.8) is 0 Å². The quantitative estimate of drug-likeness (QED) is 0.895. The van der Waals surface area contributed by atoms with Gasteiger partial charge in [-0.05, 0) is 30.4 Å². The van der Waals surface area contributed by atoms with Crippen molar-refractivity contribution in [1.29, 1.82) is 0 Å². The van der Waals surface area contributed by atoms with Crippen molar-refractivity contribution in [2.24, 2.45) is 11.8 Å². The van der Waals surface area contributed by atoms with Gasteiger partial charge in [0.15, 0.2) is 0 Å². The van der Waals surface area contributed by atoms with Crippen LogP contribution < -0.4 is 5.32 Å². The third kappa shape index (κ3) is 3.38. The normalized spacial score (nSPS) is 20.4. The molecule has 1 aromatic rings. The molecule has 108 valence electrons. The predicted molar refractivity (Wildman–Crippen MR) is 79.4 cm³/mol. The van der Waals surface area contributed by atoms with Gasteiger partial charge in [-0.2, -0.15) is 0 Å². The van der Waals surface area contributed by atoms with Crippen molar-refractivity contribution in [2.45, 2.75) is 26.7 Å². The second kappa shape index (κ2) is 6.07. The first-order chi connectivity index (χ1) is 9.52. The van der Waals surface area contributed by atoms with E-state index >= 15 is 0 Å². The Morgan fingerprint density at radius 1 is 1.35 bits per heavy atom. The molecule has 2 rings (SSSR count). The number of carbonyl (C=O) groups is 2. The van der Waals surface area contributed by atoms with E-state index in [-0.39, 0.29) is 24.3 Å². The highest BCUT2D eigenvalue weighted by Crippen LogP contribution is 2.38. The fraction of sp³-hybridized carbons (Fsp3) is 0.500. The zero-order chi connectivity index (χ0) is 14.7. The first-order valence-electron chi connectivity index (χ1n) is 7.15. The summed E-state index contributed by atoms with van der Waals surface area (Å²) in [5.41, 5.74) is 1.94. The lowest BCUT2D eigenvalue weighted by atomic mass is 10.1. The highest BCUT2D eigenvalue weighted by Gasteiger charge is 2.40. The smallest absolute Gasteiger partial charge is 0.243 e. The number of likely N-dealkylation sites (N-methyl/N-ethyl adjacent to an activating group) is 1. The summed E-state index contributed by atoms with van der Waals surface area (Å²) in [7, 11) is 1.69. The summed E-state index contributed by atoms with van der Waals surface area (Å²) in [6.07, 6.45) is 1.81. The highest BCUT2D eigenvalue weighted by atomic mass is 16.2. The van der Waals surface area contributed by atoms with Crippen LogP contribution >= 0.6 is 0 Å². The van der Waals surface area contributed by atoms with Gasteiger partial charge in [0.25, 0.3) is 0 Å². The van der Waals surface area contributed by atoms with E-state index in [0.29, 0.717) is 5.92 Å². The Balaban J connectivity index is 1.90. The van der Waals surface area contributed by atoms with E-state index < -0.39 is 0 Å². The van der Waals surface area contributed by atoms with Crippen LogP contribution in [-0.2, 0) is 16.0 Å². The molecular formula is C16H22N2O2. The fourth-order valence-corrected chi connectivity index (χ4v) is 2.38. The molecule has 1 aliphatic carbocycles. The first kappa shape index (κ1) is 14.6. The summed E-state index contributed by atoms with van der Waals surface area (Å²) in [4.78, 5) is 25.5. The van der Waals surface area contributed by atoms with E-state index in [1.807, 2.05) is 24.3 Å². The second-order valence-electron chi connectivity index (χ2n) is 5.57. The molecule has 2 atom stereocenters. The topological polar surface area (TPSA) is 49.4 Å². The van der Waals surface area contributed by atoms with Gasteiger partial charge in [-0.1, -0.05) is 32.0 Å². The third-order valence-corrected chi connectivity index (χ3v) is 3.86. The maximum atomic E-state index is 12.0. The summed E-state index contributed by atoms with van der Waals surface area (Å²) in [6.45, 7) is 4.23. The lowest BCUT2D eigenvalue weighted by Crippen LogP contribution is -2.36. The van der Waals surface area contributed by atoms with E-state index in [1.54, 1.807) is 7.05 Å². The number of rotatable bonds is 5. The maximum absolute atomic E-state index is 12.0. The highest BCUT2D eigenvalue weighted by molar-refractivity contribution is 5.95. The molecule has 0 saturated heterocycles. The van der Waals surface area contributed by atoms with Gasteiger partial charge < -0.3 is 10.2 Å². The van der Waals surface area contributed by atoms with Crippen molar-refractivity contribution in [3.8, 4) is 0 Å². The van der Waals surface area contributed by atoms with Gasteiger partial charge in [0, 0.05) is 18.7 Å². The lowest BCUT2D eigenvalue weighted by Gasteiger charge is -2.17. The zero-order valence-corrected chi connectivity index (χ0v) is 12.3. The van der Waals surface area contributed by atoms with Crippen LogP contribution in [0, 0.1) is 11.8 Å². The van der Waals surface area contributed by atoms with Crippen LogP contribution in [0.15, 0.2) is 24.3 Å². The number of amides is 2. The molecule has 0 bridgehead atoms. The number of nitrogens with one attached hydrogen (secondary N) is 1. The predicted octanol–water partition coefficient (Wildman–Crippen LogP) is 2.30. The van der Waals surface area contributed by atoms with Crippen LogP contribution in [-0.4, -0.2) is 30.3 Å². The maximum Gasteiger partial charge on any atom is 0.243 e. The molecule has 1 aromatic carbocycles. The second-order valence-corrected chi connectivity index (χ2v) is 5.57. The number of nitrogens with zero attached hydrogens (tertiary/aromatic N) is 1. The van der Waals surface area contributed by atoms with Crippen molar-refractivity contribution >= 4 is 17.5 Å². The molecule has 1 N–H and O–H groups in total. The molecule has 1 saturated carbocycles. The molecule has 20 heavy (non-hydrogen) atoms. The molecule has 1 fully saturated rings. The summed E-state index contributed by atoms with van der Waals surface area (Å²) in [5.74, 6) is 0.524. The van der Waals surface area contributed by atoms with Gasteiger partial charge in [-0.3, -0.25) is 9.59 Å². The van der Waals surface area contributed by atoms with Gasteiger partial charge in [0.1, 0.15) is 0 Å². The van der Waals surface area contributed by atoms with E-state index in [2.05, 4.69) is 19.2 Å². The van der Waals surface area contributed by atoms with E-state index in [9.17, 15) is 9.59 Å². The Kier molecular flexibility index (Phi) is 4.42. The Bertz CT molecular complexity index is 513. The molecule has 0 radical (unpaired) electrons. The molecule has 2 unspecified atom stereocenters. The number of anilines is 1. The molecule has 0 spiro atoms. The minimum absolute atomic E-state index is 0.0800. The zero-order valence-electron chi connectivity index (χ0n) is 12.3. The Labute approximate surface area is 120 Å². The monoisotopic (exact) mass is 274 g/mol. The fourth-order valence-electron chi connectivity index (χ4n) is 2.38. The van der Waals surface area contributed by atoms with Crippen LogP contribution in [0.25, 0.3) is 0 Å². The average molecular weight is 274 g/mol. The van der Waals surface area contributed by atoms with Crippen LogP contribution in [0.5, 0.6) is 0 Å². The number of para-hydroxylation sites is 1. The van der Waals surface area contributed by atoms with Crippen molar-refractivity contribution in [3.05, 3.63) is 29.8 Å². The van der Waals surface area contributed by atoms with Crippen LogP contribution in [0.4, 0.5) is 5.69 Å². The lowest BCUT2D eigenvalue weighted by molar-refractivity contribution is -0.134. The van der Waals surface area contributed by atoms with Crippen LogP contribution in [0.3, 0.4) is 0 Å². The average Bonchev–Trinajstić information content (AvgIpc) is 3.15. The standard InChI is InChI=1S/C16H22N2O2/c1-4-12-7-5-6-8-14(12)17-15(19)10-18(3)16(20)13-9-11(13)2/h5-8,11,13H,4,9-10H2,1-3H3,(H,17,19). The van der Waals surface area contributed by atoms with Crippen LogP contribution in [0.2, 0.25) is 0 Å². The Hall–Kier alpha value is -1.84. The van der Waals surface area contributed by atoms with E-state index in [4.69, 9.17) is 0 Å². The molecular weight excluding hydrogens is 252 g/mol. The van der Waals surface area contributed by atoms with Gasteiger partial charge in [-0.15, -0.1) is 0 Å². The Morgan fingerprint density at radius 3 is 2.60 bits per heavy atom. The van der Waals surface area contributed by atoms with Crippen molar-refractivity contribution < 1.29 is 9.59 Å². The summed E-state index contributed by atoms with van der Waals surface area (Å²) in [6, 6.07) is 7.74. The number of carbonyl (C=O) groups excluding carboxylic acids is 2. The van der Waals surface area contributed by atoms with Gasteiger partial charge in [-0.25, -0.2) is 0 Å². The SMILES string of the molecule is CCc1ccccc1NC(=O)CN(C)C(=O)C1CC1C. The van der Waals surface area contributed by atoms with Crippen molar-refractivity contribution in [1.82, 2.24) is 4.90 Å². The van der Waals surface area contributed by atoms with Crippen LogP contribution in [0.1, 0.15) is 25.8 Å². The molecule has 4 nitrogen and oxygen atoms in total. The first-order valence-corrected chi connectivity index (χ1v) is 7.15. The summed E-state index contributed by atoms with van der Waals surface area (Å²) >= 11 is 0. The molecule has 2 amide bonds. The van der Waals surface area contributed by atoms with Gasteiger partial charge >= 0.3 is 0 Å². The summed E-state index contributed by atoms with van der Waals surface area (Å²) in [5, 5.41) is 2.88. The number of aryl methyl sites for hydroxylation is 1. The largest absolute Gasteiger partial charge is 0.336 e. The molecule has 1 aliphatic rings. The van der Waals surface area contributed by atoms with E-state index in [1.165, 1.54) is 4.90 Å². The Morgan fingerprint density at radius 2 is 2.00 bits per heavy atom. The molecule has 0 heterocycles. The number of benzene rings is 1. The molecule has 0 aromatic heterocycles. The van der Waals surface area contributed by atoms with E-state index in [0.717, 1.165) is 24.1 Å². The number of hydrogen-bond acceptors (Lipinski definition) is 2. The van der Waals surface area contributed by atoms with Crippen molar-refractivity contribution in [2.75, 3.05) is 18.9 Å². The minimum Gasteiger partial charge on any atom is -0.336 e. The number of hydrogen-bond donors (Lipinski definition) is 1. The van der Waals surface area contributed by atoms with Gasteiger partial charge in [0.05, 0.1) is 6.54 Å². The third-order valence-electron chi connectivity index (χ3n) is 3.86. The molecule has 0 aliphatic heterocycles. The summed E-state index contributed by atoms with van der Waals surface area (Å²) < 4.78 is 0.